The number of fused-ring (bicyclic) bond motifs is 4. The van der Waals surface area contributed by atoms with Crippen LogP contribution in [0.3, 0.4) is 0 Å². The molecule has 3 aromatic carbocycles. The van der Waals surface area contributed by atoms with Crippen LogP contribution in [0.15, 0.2) is 78.9 Å². The van der Waals surface area contributed by atoms with Crippen molar-refractivity contribution in [3.05, 3.63) is 90.0 Å². The van der Waals surface area contributed by atoms with E-state index in [1.807, 2.05) is 67.6 Å². The molecule has 0 unspecified atom stereocenters. The summed E-state index contributed by atoms with van der Waals surface area (Å²) in [5, 5.41) is 2.53. The van der Waals surface area contributed by atoms with E-state index in [2.05, 4.69) is 21.2 Å². The standard InChI is InChI=1S/C28H26N4O3/c1-19-11-13-22(14-12-19)32-26(34)28(25(33)29-27(32)35)17-20-7-5-6-10-23(20)31-16-15-30(18-24(28)31)21-8-3-2-4-9-21/h2-14,24H,15-18H2,1H3,(H,29,33,35)/t24-,28+/m0/s1. The van der Waals surface area contributed by atoms with Crippen LogP contribution >= 0.6 is 0 Å². The maximum atomic E-state index is 14.3. The number of urea groups is 1. The van der Waals surface area contributed by atoms with E-state index >= 15 is 0 Å². The van der Waals surface area contributed by atoms with E-state index < -0.39 is 29.3 Å². The molecule has 176 valence electrons. The van der Waals surface area contributed by atoms with Crippen molar-refractivity contribution in [2.75, 3.05) is 34.3 Å². The number of amides is 4. The van der Waals surface area contributed by atoms with Gasteiger partial charge in [0.1, 0.15) is 0 Å². The SMILES string of the molecule is Cc1ccc(N2C(=O)NC(=O)[C@]3(Cc4ccccc4N4CCN(c5ccccc5)C[C@H]43)C2=O)cc1. The van der Waals surface area contributed by atoms with Crippen molar-refractivity contribution < 1.29 is 14.4 Å². The van der Waals surface area contributed by atoms with Crippen LogP contribution in [0.5, 0.6) is 0 Å². The number of barbiturate groups is 1. The fourth-order valence-corrected chi connectivity index (χ4v) is 5.76. The first-order valence-electron chi connectivity index (χ1n) is 11.9. The predicted molar refractivity (Wildman–Crippen MR) is 135 cm³/mol. The van der Waals surface area contributed by atoms with E-state index in [9.17, 15) is 14.4 Å². The van der Waals surface area contributed by atoms with Gasteiger partial charge in [0.05, 0.1) is 11.7 Å². The van der Waals surface area contributed by atoms with E-state index in [0.29, 0.717) is 18.8 Å². The number of piperazine rings is 1. The lowest BCUT2D eigenvalue weighted by Gasteiger charge is -2.55. The van der Waals surface area contributed by atoms with Crippen molar-refractivity contribution >= 4 is 34.9 Å². The summed E-state index contributed by atoms with van der Waals surface area (Å²) in [4.78, 5) is 46.6. The van der Waals surface area contributed by atoms with E-state index in [0.717, 1.165) is 33.9 Å². The topological polar surface area (TPSA) is 73.0 Å². The van der Waals surface area contributed by atoms with Crippen LogP contribution in [-0.2, 0) is 16.0 Å². The minimum atomic E-state index is -1.43. The quantitative estimate of drug-likeness (QED) is 0.585. The Morgan fingerprint density at radius 1 is 0.829 bits per heavy atom. The summed E-state index contributed by atoms with van der Waals surface area (Å²) < 4.78 is 0. The first-order valence-corrected chi connectivity index (χ1v) is 11.9. The second-order valence-corrected chi connectivity index (χ2v) is 9.50. The lowest BCUT2D eigenvalue weighted by Crippen LogP contribution is -2.75. The molecule has 0 aliphatic carbocycles. The second kappa shape index (κ2) is 7.98. The average molecular weight is 467 g/mol. The summed E-state index contributed by atoms with van der Waals surface area (Å²) in [6.07, 6.45) is 0.243. The molecule has 3 aliphatic rings. The Morgan fingerprint density at radius 3 is 2.31 bits per heavy atom. The van der Waals surface area contributed by atoms with Gasteiger partial charge in [-0.3, -0.25) is 14.9 Å². The number of nitrogens with one attached hydrogen (secondary N) is 1. The molecule has 0 bridgehead atoms. The molecule has 7 nitrogen and oxygen atoms in total. The molecule has 0 aromatic heterocycles. The van der Waals surface area contributed by atoms with Crippen molar-refractivity contribution in [3.63, 3.8) is 0 Å². The first-order chi connectivity index (χ1) is 17.0. The molecule has 2 fully saturated rings. The fourth-order valence-electron chi connectivity index (χ4n) is 5.76. The normalized spacial score (nSPS) is 23.7. The third-order valence-electron chi connectivity index (χ3n) is 7.55. The number of anilines is 3. The lowest BCUT2D eigenvalue weighted by atomic mass is 9.67. The molecule has 3 heterocycles. The Hall–Kier alpha value is -4.13. The summed E-state index contributed by atoms with van der Waals surface area (Å²) >= 11 is 0. The highest BCUT2D eigenvalue weighted by Gasteiger charge is 2.63. The molecule has 3 aromatic rings. The molecule has 4 amide bonds. The summed E-state index contributed by atoms with van der Waals surface area (Å²) in [7, 11) is 0. The van der Waals surface area contributed by atoms with Gasteiger partial charge in [-0.1, -0.05) is 54.1 Å². The summed E-state index contributed by atoms with van der Waals surface area (Å²) in [6, 6.07) is 24.1. The Labute approximate surface area is 203 Å². The molecule has 3 aliphatic heterocycles. The Morgan fingerprint density at radius 2 is 1.54 bits per heavy atom. The molecule has 1 spiro atoms. The number of hydrogen-bond acceptors (Lipinski definition) is 5. The van der Waals surface area contributed by atoms with Crippen molar-refractivity contribution in [2.24, 2.45) is 5.41 Å². The van der Waals surface area contributed by atoms with Gasteiger partial charge in [-0.15, -0.1) is 0 Å². The molecule has 7 heteroatoms. The van der Waals surface area contributed by atoms with Gasteiger partial charge in [0.25, 0.3) is 5.91 Å². The predicted octanol–water partition coefficient (Wildman–Crippen LogP) is 3.52. The number of hydrogen-bond donors (Lipinski definition) is 1. The molecular formula is C28H26N4O3. The zero-order valence-electron chi connectivity index (χ0n) is 19.5. The van der Waals surface area contributed by atoms with Gasteiger partial charge in [-0.25, -0.2) is 9.69 Å². The largest absolute Gasteiger partial charge is 0.368 e. The van der Waals surface area contributed by atoms with E-state index in [4.69, 9.17) is 0 Å². The first kappa shape index (κ1) is 21.4. The van der Waals surface area contributed by atoms with Crippen LogP contribution in [-0.4, -0.2) is 43.5 Å². The molecule has 0 saturated carbocycles. The number of benzene rings is 3. The van der Waals surface area contributed by atoms with Crippen molar-refractivity contribution in [1.82, 2.24) is 5.32 Å². The van der Waals surface area contributed by atoms with Gasteiger partial charge in [0, 0.05) is 31.0 Å². The van der Waals surface area contributed by atoms with Gasteiger partial charge in [0.15, 0.2) is 5.41 Å². The van der Waals surface area contributed by atoms with Crippen molar-refractivity contribution in [2.45, 2.75) is 19.4 Å². The number of imide groups is 2. The number of carbonyl (C=O) groups is 3. The van der Waals surface area contributed by atoms with Crippen molar-refractivity contribution in [1.29, 1.82) is 0 Å². The highest BCUT2D eigenvalue weighted by atomic mass is 16.2. The van der Waals surface area contributed by atoms with E-state index in [-0.39, 0.29) is 6.42 Å². The van der Waals surface area contributed by atoms with Crippen LogP contribution in [0, 0.1) is 12.3 Å². The minimum absolute atomic E-state index is 0.243. The fraction of sp³-hybridized carbons (Fsp3) is 0.250. The van der Waals surface area contributed by atoms with Crippen LogP contribution < -0.4 is 20.0 Å². The monoisotopic (exact) mass is 466 g/mol. The molecular weight excluding hydrogens is 440 g/mol. The third kappa shape index (κ3) is 3.22. The van der Waals surface area contributed by atoms with Gasteiger partial charge in [-0.2, -0.15) is 0 Å². The third-order valence-corrected chi connectivity index (χ3v) is 7.55. The molecule has 0 radical (unpaired) electrons. The van der Waals surface area contributed by atoms with Crippen LogP contribution in [0.2, 0.25) is 0 Å². The second-order valence-electron chi connectivity index (χ2n) is 9.50. The smallest absolute Gasteiger partial charge is 0.335 e. The van der Waals surface area contributed by atoms with E-state index in [1.165, 1.54) is 0 Å². The number of carbonyl (C=O) groups excluding carboxylic acids is 3. The lowest BCUT2D eigenvalue weighted by molar-refractivity contribution is -0.144. The molecule has 1 N–H and O–H groups in total. The maximum absolute atomic E-state index is 14.3. The van der Waals surface area contributed by atoms with Gasteiger partial charge >= 0.3 is 6.03 Å². The van der Waals surface area contributed by atoms with Gasteiger partial charge < -0.3 is 9.80 Å². The number of rotatable bonds is 2. The summed E-state index contributed by atoms with van der Waals surface area (Å²) in [5.74, 6) is -0.982. The highest BCUT2D eigenvalue weighted by Crippen LogP contribution is 2.46. The minimum Gasteiger partial charge on any atom is -0.368 e. The Balaban J connectivity index is 1.48. The summed E-state index contributed by atoms with van der Waals surface area (Å²) in [6.45, 7) is 3.87. The van der Waals surface area contributed by atoms with Crippen molar-refractivity contribution in [3.8, 4) is 0 Å². The number of nitrogens with zero attached hydrogens (tertiary/aromatic N) is 3. The van der Waals surface area contributed by atoms with Gasteiger partial charge in [0.2, 0.25) is 5.91 Å². The average Bonchev–Trinajstić information content (AvgIpc) is 2.88. The summed E-state index contributed by atoms with van der Waals surface area (Å²) in [5.41, 5.74) is 3.10. The zero-order valence-corrected chi connectivity index (χ0v) is 19.5. The Bertz CT molecular complexity index is 1320. The van der Waals surface area contributed by atoms with Crippen LogP contribution in [0.4, 0.5) is 21.9 Å². The zero-order chi connectivity index (χ0) is 24.2. The highest BCUT2D eigenvalue weighted by molar-refractivity contribution is 6.30. The Kier molecular flexibility index (Phi) is 4.88. The number of aryl methyl sites for hydroxylation is 1. The van der Waals surface area contributed by atoms with Gasteiger partial charge in [-0.05, 0) is 49.2 Å². The molecule has 6 rings (SSSR count). The molecule has 2 saturated heterocycles. The molecule has 35 heavy (non-hydrogen) atoms. The maximum Gasteiger partial charge on any atom is 0.335 e. The van der Waals surface area contributed by atoms with E-state index in [1.54, 1.807) is 12.1 Å². The number of para-hydroxylation sites is 2. The van der Waals surface area contributed by atoms with Crippen LogP contribution in [0.1, 0.15) is 11.1 Å². The molecule has 2 atom stereocenters. The van der Waals surface area contributed by atoms with Crippen LogP contribution in [0.25, 0.3) is 0 Å².